The Hall–Kier alpha value is -0.600. The summed E-state index contributed by atoms with van der Waals surface area (Å²) in [5, 5.41) is 21.0. The van der Waals surface area contributed by atoms with E-state index in [0.29, 0.717) is 5.92 Å². The van der Waals surface area contributed by atoms with E-state index >= 15 is 0 Å². The summed E-state index contributed by atoms with van der Waals surface area (Å²) >= 11 is 0. The van der Waals surface area contributed by atoms with E-state index in [1.54, 1.807) is 0 Å². The highest BCUT2D eigenvalue weighted by Crippen LogP contribution is 2.62. The first-order valence-corrected chi connectivity index (χ1v) is 8.82. The van der Waals surface area contributed by atoms with Crippen LogP contribution in [0, 0.1) is 22.7 Å². The van der Waals surface area contributed by atoms with Crippen LogP contribution in [0.25, 0.3) is 0 Å². The molecule has 0 radical (unpaired) electrons. The predicted molar refractivity (Wildman–Crippen MR) is 92.6 cm³/mol. The van der Waals surface area contributed by atoms with Gasteiger partial charge in [0.1, 0.15) is 0 Å². The van der Waals surface area contributed by atoms with Gasteiger partial charge in [-0.2, -0.15) is 0 Å². The van der Waals surface area contributed by atoms with Crippen molar-refractivity contribution in [1.29, 1.82) is 0 Å². The van der Waals surface area contributed by atoms with Crippen molar-refractivity contribution in [2.24, 2.45) is 22.7 Å². The van der Waals surface area contributed by atoms with E-state index in [9.17, 15) is 10.2 Å². The zero-order valence-electron chi connectivity index (χ0n) is 14.9. The number of aliphatic hydroxyl groups is 2. The van der Waals surface area contributed by atoms with Gasteiger partial charge < -0.3 is 10.2 Å². The van der Waals surface area contributed by atoms with Crippen molar-refractivity contribution in [1.82, 2.24) is 0 Å². The molecule has 0 aromatic carbocycles. The third kappa shape index (κ3) is 2.92. The lowest BCUT2D eigenvalue weighted by Gasteiger charge is -2.61. The van der Waals surface area contributed by atoms with Gasteiger partial charge in [-0.3, -0.25) is 0 Å². The standard InChI is InChI=1S/C20H34O2/c1-6-15(2)8-9-17-19(4)12-7-11-18(3,14-21)16(19)10-13-20(17,5)22/h6,8,16-17,21-22H,1,7,9-14H2,2-5H3/b15-8-/t16-,17+,18+,19-,20+/m0/s1. The third-order valence-electron chi connectivity index (χ3n) is 6.95. The number of aliphatic hydroxyl groups excluding tert-OH is 1. The van der Waals surface area contributed by atoms with Gasteiger partial charge in [-0.05, 0) is 68.6 Å². The second-order valence-electron chi connectivity index (χ2n) is 8.56. The fourth-order valence-electron chi connectivity index (χ4n) is 5.53. The first-order chi connectivity index (χ1) is 10.2. The molecule has 0 heterocycles. The van der Waals surface area contributed by atoms with Crippen molar-refractivity contribution in [3.63, 3.8) is 0 Å². The van der Waals surface area contributed by atoms with Crippen molar-refractivity contribution >= 4 is 0 Å². The van der Waals surface area contributed by atoms with Crippen molar-refractivity contribution < 1.29 is 10.2 Å². The van der Waals surface area contributed by atoms with E-state index in [1.807, 2.05) is 13.0 Å². The maximum Gasteiger partial charge on any atom is 0.0656 e. The zero-order valence-corrected chi connectivity index (χ0v) is 14.9. The summed E-state index contributed by atoms with van der Waals surface area (Å²) in [5.74, 6) is 0.751. The first-order valence-electron chi connectivity index (χ1n) is 8.82. The largest absolute Gasteiger partial charge is 0.396 e. The Bertz CT molecular complexity index is 451. The van der Waals surface area contributed by atoms with Gasteiger partial charge in [-0.25, -0.2) is 0 Å². The minimum Gasteiger partial charge on any atom is -0.396 e. The highest BCUT2D eigenvalue weighted by Gasteiger charge is 2.58. The predicted octanol–water partition coefficient (Wildman–Crippen LogP) is 4.47. The van der Waals surface area contributed by atoms with Crippen LogP contribution in [-0.2, 0) is 0 Å². The van der Waals surface area contributed by atoms with E-state index < -0.39 is 5.60 Å². The molecule has 0 spiro atoms. The molecule has 2 fully saturated rings. The Morgan fingerprint density at radius 3 is 2.50 bits per heavy atom. The van der Waals surface area contributed by atoms with Gasteiger partial charge in [-0.15, -0.1) is 0 Å². The van der Waals surface area contributed by atoms with Crippen LogP contribution >= 0.6 is 0 Å². The van der Waals surface area contributed by atoms with Gasteiger partial charge in [0.05, 0.1) is 5.60 Å². The van der Waals surface area contributed by atoms with Crippen LogP contribution < -0.4 is 0 Å². The number of hydrogen-bond donors (Lipinski definition) is 2. The summed E-state index contributed by atoms with van der Waals surface area (Å²) in [4.78, 5) is 0. The van der Waals surface area contributed by atoms with Gasteiger partial charge in [0, 0.05) is 6.61 Å². The number of fused-ring (bicyclic) bond motifs is 1. The quantitative estimate of drug-likeness (QED) is 0.752. The van der Waals surface area contributed by atoms with E-state index in [4.69, 9.17) is 0 Å². The summed E-state index contributed by atoms with van der Waals surface area (Å²) in [6, 6.07) is 0. The number of rotatable bonds is 4. The molecule has 2 saturated carbocycles. The monoisotopic (exact) mass is 306 g/mol. The second kappa shape index (κ2) is 6.13. The molecule has 0 amide bonds. The van der Waals surface area contributed by atoms with Gasteiger partial charge >= 0.3 is 0 Å². The topological polar surface area (TPSA) is 40.5 Å². The molecule has 2 rings (SSSR count). The number of allylic oxidation sites excluding steroid dienone is 3. The first kappa shape index (κ1) is 17.7. The average molecular weight is 306 g/mol. The molecule has 2 heteroatoms. The molecule has 0 unspecified atom stereocenters. The van der Waals surface area contributed by atoms with E-state index in [0.717, 1.165) is 38.5 Å². The van der Waals surface area contributed by atoms with Crippen LogP contribution in [0.15, 0.2) is 24.3 Å². The fraction of sp³-hybridized carbons (Fsp3) is 0.800. The molecule has 2 aliphatic rings. The summed E-state index contributed by atoms with van der Waals surface area (Å²) in [6.45, 7) is 12.8. The van der Waals surface area contributed by atoms with Crippen LogP contribution in [0.3, 0.4) is 0 Å². The Labute approximate surface area is 136 Å². The minimum atomic E-state index is -0.614. The van der Waals surface area contributed by atoms with Crippen molar-refractivity contribution in [3.05, 3.63) is 24.3 Å². The number of hydrogen-bond acceptors (Lipinski definition) is 2. The summed E-state index contributed by atoms with van der Waals surface area (Å²) in [7, 11) is 0. The Balaban J connectivity index is 2.36. The normalized spacial score (nSPS) is 46.2. The van der Waals surface area contributed by atoms with E-state index in [2.05, 4.69) is 33.4 Å². The molecule has 0 saturated heterocycles. The zero-order chi connectivity index (χ0) is 16.6. The molecule has 0 aliphatic heterocycles. The maximum atomic E-state index is 11.0. The van der Waals surface area contributed by atoms with Crippen LogP contribution in [-0.4, -0.2) is 22.4 Å². The smallest absolute Gasteiger partial charge is 0.0656 e. The molecule has 126 valence electrons. The molecule has 2 aliphatic carbocycles. The van der Waals surface area contributed by atoms with Crippen LogP contribution in [0.2, 0.25) is 0 Å². The lowest BCUT2D eigenvalue weighted by molar-refractivity contribution is -0.176. The minimum absolute atomic E-state index is 0.0128. The molecular weight excluding hydrogens is 272 g/mol. The molecular formula is C20H34O2. The van der Waals surface area contributed by atoms with Crippen LogP contribution in [0.5, 0.6) is 0 Å². The van der Waals surface area contributed by atoms with Gasteiger partial charge in [-0.1, -0.05) is 44.6 Å². The fourth-order valence-corrected chi connectivity index (χ4v) is 5.53. The highest BCUT2D eigenvalue weighted by molar-refractivity contribution is 5.16. The Morgan fingerprint density at radius 2 is 1.91 bits per heavy atom. The molecule has 22 heavy (non-hydrogen) atoms. The molecule has 0 aromatic heterocycles. The van der Waals surface area contributed by atoms with Gasteiger partial charge in [0.15, 0.2) is 0 Å². The Kier molecular flexibility index (Phi) is 4.94. The van der Waals surface area contributed by atoms with E-state index in [-0.39, 0.29) is 23.4 Å². The lowest BCUT2D eigenvalue weighted by atomic mass is 9.45. The SMILES string of the molecule is C=C/C(C)=C\C[C@@H]1[C@@]2(C)CCC[C@](C)(CO)[C@@H]2CC[C@@]1(C)O. The molecule has 0 bridgehead atoms. The summed E-state index contributed by atoms with van der Waals surface area (Å²) in [6.07, 6.45) is 10.3. The molecule has 2 nitrogen and oxygen atoms in total. The van der Waals surface area contributed by atoms with Crippen molar-refractivity contribution in [2.75, 3.05) is 6.61 Å². The highest BCUT2D eigenvalue weighted by atomic mass is 16.3. The van der Waals surface area contributed by atoms with Crippen LogP contribution in [0.4, 0.5) is 0 Å². The molecule has 5 atom stereocenters. The Morgan fingerprint density at radius 1 is 1.23 bits per heavy atom. The summed E-state index contributed by atoms with van der Waals surface area (Å²) in [5.41, 5.74) is 0.688. The molecule has 2 N–H and O–H groups in total. The van der Waals surface area contributed by atoms with Crippen molar-refractivity contribution in [2.45, 2.75) is 71.8 Å². The van der Waals surface area contributed by atoms with Crippen molar-refractivity contribution in [3.8, 4) is 0 Å². The molecule has 0 aromatic rings. The lowest BCUT2D eigenvalue weighted by Crippen LogP contribution is -2.58. The van der Waals surface area contributed by atoms with Gasteiger partial charge in [0.25, 0.3) is 0 Å². The average Bonchev–Trinajstić information content (AvgIpc) is 2.45. The third-order valence-corrected chi connectivity index (χ3v) is 6.95. The second-order valence-corrected chi connectivity index (χ2v) is 8.56. The maximum absolute atomic E-state index is 11.0. The van der Waals surface area contributed by atoms with Crippen LogP contribution in [0.1, 0.15) is 66.2 Å². The van der Waals surface area contributed by atoms with E-state index in [1.165, 1.54) is 5.57 Å². The summed E-state index contributed by atoms with van der Waals surface area (Å²) < 4.78 is 0. The van der Waals surface area contributed by atoms with Gasteiger partial charge in [0.2, 0.25) is 0 Å².